The molecule has 0 aliphatic carbocycles. The van der Waals surface area contributed by atoms with Crippen LogP contribution in [0.5, 0.6) is 11.5 Å². The Morgan fingerprint density at radius 2 is 1.78 bits per heavy atom. The Balaban J connectivity index is 1.59. The number of amides is 1. The third-order valence-corrected chi connectivity index (χ3v) is 6.89. The van der Waals surface area contributed by atoms with Crippen molar-refractivity contribution in [2.45, 2.75) is 17.7 Å². The number of carbonyl (C=O) groups is 1. The molecule has 142 valence electrons. The minimum absolute atomic E-state index is 0.0515. The number of hydrogen-bond donors (Lipinski definition) is 1. The predicted molar refractivity (Wildman–Crippen MR) is 100.0 cm³/mol. The minimum atomic E-state index is -3.72. The van der Waals surface area contributed by atoms with Crippen molar-refractivity contribution in [2.24, 2.45) is 0 Å². The van der Waals surface area contributed by atoms with Crippen molar-refractivity contribution >= 4 is 33.2 Å². The first kappa shape index (κ1) is 18.1. The Bertz CT molecular complexity index is 1000. The van der Waals surface area contributed by atoms with Crippen molar-refractivity contribution in [1.29, 1.82) is 0 Å². The van der Waals surface area contributed by atoms with Crippen LogP contribution in [-0.2, 0) is 10.0 Å². The molecule has 7 nitrogen and oxygen atoms in total. The molecule has 1 saturated heterocycles. The maximum Gasteiger partial charge on any atom is 0.255 e. The molecule has 0 aromatic heterocycles. The van der Waals surface area contributed by atoms with E-state index in [9.17, 15) is 13.2 Å². The van der Waals surface area contributed by atoms with Gasteiger partial charge in [-0.3, -0.25) is 4.79 Å². The number of nitrogens with one attached hydrogen (secondary N) is 1. The summed E-state index contributed by atoms with van der Waals surface area (Å²) in [5, 5.41) is 2.83. The molecule has 0 atom stereocenters. The van der Waals surface area contributed by atoms with Gasteiger partial charge >= 0.3 is 0 Å². The molecule has 1 amide bonds. The zero-order valence-corrected chi connectivity index (χ0v) is 15.8. The van der Waals surface area contributed by atoms with E-state index in [1.54, 1.807) is 18.2 Å². The molecule has 1 N–H and O–H groups in total. The van der Waals surface area contributed by atoms with Crippen LogP contribution in [0.15, 0.2) is 41.3 Å². The van der Waals surface area contributed by atoms with E-state index in [-0.39, 0.29) is 22.3 Å². The second kappa shape index (κ2) is 7.03. The average molecular weight is 409 g/mol. The second-order valence-electron chi connectivity index (χ2n) is 6.28. The zero-order valence-electron chi connectivity index (χ0n) is 14.3. The van der Waals surface area contributed by atoms with Gasteiger partial charge in [-0.15, -0.1) is 0 Å². The fraction of sp³-hybridized carbons (Fsp3) is 0.278. The van der Waals surface area contributed by atoms with Crippen LogP contribution in [0.25, 0.3) is 0 Å². The molecule has 2 aliphatic rings. The van der Waals surface area contributed by atoms with Gasteiger partial charge in [-0.1, -0.05) is 11.6 Å². The number of nitrogens with zero attached hydrogens (tertiary/aromatic N) is 1. The van der Waals surface area contributed by atoms with Crippen molar-refractivity contribution in [3.05, 3.63) is 47.0 Å². The maximum absolute atomic E-state index is 12.8. The van der Waals surface area contributed by atoms with Crippen molar-refractivity contribution in [2.75, 3.05) is 25.2 Å². The van der Waals surface area contributed by atoms with Gasteiger partial charge in [0.15, 0.2) is 11.5 Å². The fourth-order valence-electron chi connectivity index (χ4n) is 3.09. The molecule has 0 spiro atoms. The standard InChI is InChI=1S/C18H17ClN2O5S/c19-14-5-3-12(9-17(14)27(23,24)21-7-1-2-8-21)18(22)20-13-4-6-15-16(10-13)26-11-25-15/h3-6,9-10H,1-2,7-8,11H2,(H,20,22). The topological polar surface area (TPSA) is 84.9 Å². The fourth-order valence-corrected chi connectivity index (χ4v) is 5.10. The molecule has 2 aromatic rings. The Morgan fingerprint density at radius 1 is 1.04 bits per heavy atom. The van der Waals surface area contributed by atoms with Crippen LogP contribution in [0, 0.1) is 0 Å². The molecule has 2 aliphatic heterocycles. The van der Waals surface area contributed by atoms with E-state index in [1.165, 1.54) is 22.5 Å². The Hall–Kier alpha value is -2.29. The predicted octanol–water partition coefficient (Wildman–Crippen LogP) is 3.11. The van der Waals surface area contributed by atoms with Crippen molar-refractivity contribution in [1.82, 2.24) is 4.31 Å². The summed E-state index contributed by atoms with van der Waals surface area (Å²) in [6, 6.07) is 9.27. The van der Waals surface area contributed by atoms with Crippen LogP contribution >= 0.6 is 11.6 Å². The van der Waals surface area contributed by atoms with Crippen molar-refractivity contribution in [3.8, 4) is 11.5 Å². The number of benzene rings is 2. The zero-order chi connectivity index (χ0) is 19.0. The molecular weight excluding hydrogens is 392 g/mol. The lowest BCUT2D eigenvalue weighted by Crippen LogP contribution is -2.28. The number of hydrogen-bond acceptors (Lipinski definition) is 5. The third-order valence-electron chi connectivity index (χ3n) is 4.51. The summed E-state index contributed by atoms with van der Waals surface area (Å²) in [6.07, 6.45) is 1.64. The molecule has 0 bridgehead atoms. The highest BCUT2D eigenvalue weighted by atomic mass is 35.5. The maximum atomic E-state index is 12.8. The number of rotatable bonds is 4. The average Bonchev–Trinajstić information content (AvgIpc) is 3.33. The lowest BCUT2D eigenvalue weighted by atomic mass is 10.2. The first-order chi connectivity index (χ1) is 12.9. The van der Waals surface area contributed by atoms with E-state index in [2.05, 4.69) is 5.32 Å². The first-order valence-corrected chi connectivity index (χ1v) is 10.3. The van der Waals surface area contributed by atoms with E-state index in [0.29, 0.717) is 30.3 Å². The third kappa shape index (κ3) is 3.47. The molecule has 0 unspecified atom stereocenters. The summed E-state index contributed by atoms with van der Waals surface area (Å²) < 4.78 is 37.5. The van der Waals surface area contributed by atoms with Crippen molar-refractivity contribution < 1.29 is 22.7 Å². The second-order valence-corrected chi connectivity index (χ2v) is 8.59. The molecule has 2 heterocycles. The summed E-state index contributed by atoms with van der Waals surface area (Å²) >= 11 is 6.12. The van der Waals surface area contributed by atoms with E-state index in [1.807, 2.05) is 0 Å². The highest BCUT2D eigenvalue weighted by Gasteiger charge is 2.29. The Kier molecular flexibility index (Phi) is 4.71. The molecule has 0 radical (unpaired) electrons. The summed E-state index contributed by atoms with van der Waals surface area (Å²) in [4.78, 5) is 12.5. The van der Waals surface area contributed by atoms with Gasteiger partial charge in [-0.05, 0) is 43.2 Å². The number of fused-ring (bicyclic) bond motifs is 1. The van der Waals surface area contributed by atoms with Crippen LogP contribution in [0.4, 0.5) is 5.69 Å². The number of anilines is 1. The number of sulfonamides is 1. The quantitative estimate of drug-likeness (QED) is 0.840. The largest absolute Gasteiger partial charge is 0.454 e. The number of halogens is 1. The van der Waals surface area contributed by atoms with E-state index in [4.69, 9.17) is 21.1 Å². The molecule has 4 rings (SSSR count). The van der Waals surface area contributed by atoms with Crippen LogP contribution in [0.2, 0.25) is 5.02 Å². The highest BCUT2D eigenvalue weighted by Crippen LogP contribution is 2.34. The summed E-state index contributed by atoms with van der Waals surface area (Å²) in [7, 11) is -3.72. The molecule has 27 heavy (non-hydrogen) atoms. The number of ether oxygens (including phenoxy) is 2. The van der Waals surface area contributed by atoms with Gasteiger partial charge in [0.2, 0.25) is 16.8 Å². The van der Waals surface area contributed by atoms with Crippen LogP contribution in [0.1, 0.15) is 23.2 Å². The Morgan fingerprint density at radius 3 is 2.56 bits per heavy atom. The van der Waals surface area contributed by atoms with Gasteiger partial charge in [0, 0.05) is 30.4 Å². The SMILES string of the molecule is O=C(Nc1ccc2c(c1)OCO2)c1ccc(Cl)c(S(=O)(=O)N2CCCC2)c1. The lowest BCUT2D eigenvalue weighted by Gasteiger charge is -2.17. The van der Waals surface area contributed by atoms with E-state index in [0.717, 1.165) is 12.8 Å². The van der Waals surface area contributed by atoms with E-state index < -0.39 is 15.9 Å². The lowest BCUT2D eigenvalue weighted by molar-refractivity contribution is 0.102. The van der Waals surface area contributed by atoms with Crippen LogP contribution in [0.3, 0.4) is 0 Å². The highest BCUT2D eigenvalue weighted by molar-refractivity contribution is 7.89. The molecule has 0 saturated carbocycles. The molecule has 9 heteroatoms. The van der Waals surface area contributed by atoms with E-state index >= 15 is 0 Å². The first-order valence-electron chi connectivity index (χ1n) is 8.46. The van der Waals surface area contributed by atoms with Gasteiger partial charge in [-0.2, -0.15) is 4.31 Å². The molecule has 1 fully saturated rings. The van der Waals surface area contributed by atoms with Gasteiger partial charge in [0.1, 0.15) is 4.90 Å². The number of carbonyl (C=O) groups excluding carboxylic acids is 1. The smallest absolute Gasteiger partial charge is 0.255 e. The summed E-state index contributed by atoms with van der Waals surface area (Å²) in [6.45, 7) is 1.07. The van der Waals surface area contributed by atoms with Gasteiger partial charge < -0.3 is 14.8 Å². The normalized spacial score (nSPS) is 16.5. The summed E-state index contributed by atoms with van der Waals surface area (Å²) in [5.74, 6) is 0.711. The van der Waals surface area contributed by atoms with Gasteiger partial charge in [0.25, 0.3) is 5.91 Å². The van der Waals surface area contributed by atoms with Crippen molar-refractivity contribution in [3.63, 3.8) is 0 Å². The minimum Gasteiger partial charge on any atom is -0.454 e. The molecule has 2 aromatic carbocycles. The van der Waals surface area contributed by atoms with Crippen LogP contribution < -0.4 is 14.8 Å². The van der Waals surface area contributed by atoms with Gasteiger partial charge in [-0.25, -0.2) is 8.42 Å². The summed E-state index contributed by atoms with van der Waals surface area (Å²) in [5.41, 5.74) is 0.720. The van der Waals surface area contributed by atoms with Crippen LogP contribution in [-0.4, -0.2) is 38.5 Å². The monoisotopic (exact) mass is 408 g/mol. The Labute approximate surface area is 161 Å². The van der Waals surface area contributed by atoms with Gasteiger partial charge in [0.05, 0.1) is 5.02 Å². The molecular formula is C18H17ClN2O5S.